The molecule has 2 fully saturated rings. The highest BCUT2D eigenvalue weighted by molar-refractivity contribution is 7.98. The lowest BCUT2D eigenvalue weighted by Gasteiger charge is -2.39. The van der Waals surface area contributed by atoms with Crippen LogP contribution in [0.3, 0.4) is 0 Å². The third-order valence-corrected chi connectivity index (χ3v) is 6.19. The van der Waals surface area contributed by atoms with Crippen molar-refractivity contribution in [1.29, 1.82) is 0 Å². The van der Waals surface area contributed by atoms with Gasteiger partial charge in [-0.15, -0.1) is 11.8 Å². The second-order valence-corrected chi connectivity index (χ2v) is 8.25. The van der Waals surface area contributed by atoms with Crippen LogP contribution in [0.15, 0.2) is 29.2 Å². The van der Waals surface area contributed by atoms with Crippen molar-refractivity contribution in [2.45, 2.75) is 56.4 Å². The van der Waals surface area contributed by atoms with Gasteiger partial charge in [0.2, 0.25) is 0 Å². The predicted octanol–water partition coefficient (Wildman–Crippen LogP) is 0.648. The number of rotatable bonds is 4. The number of quaternary nitrogens is 2. The second-order valence-electron chi connectivity index (χ2n) is 7.37. The number of piperidine rings is 1. The van der Waals surface area contributed by atoms with Gasteiger partial charge in [-0.2, -0.15) is 0 Å². The lowest BCUT2D eigenvalue weighted by molar-refractivity contribution is -0.970. The Bertz CT molecular complexity index is 475. The molecule has 0 aromatic heterocycles. The molecule has 2 heterocycles. The summed E-state index contributed by atoms with van der Waals surface area (Å²) in [7, 11) is 0. The fourth-order valence-electron chi connectivity index (χ4n) is 4.29. The van der Waals surface area contributed by atoms with E-state index in [0.29, 0.717) is 12.2 Å². The van der Waals surface area contributed by atoms with E-state index >= 15 is 0 Å². The molecule has 128 valence electrons. The van der Waals surface area contributed by atoms with E-state index in [1.54, 1.807) is 9.80 Å². The minimum atomic E-state index is 0.425. The molecule has 0 radical (unpaired) electrons. The van der Waals surface area contributed by atoms with Gasteiger partial charge in [0.25, 0.3) is 0 Å². The first kappa shape index (κ1) is 17.3. The van der Waals surface area contributed by atoms with Crippen LogP contribution in [0.4, 0.5) is 0 Å². The second kappa shape index (κ2) is 8.02. The van der Waals surface area contributed by atoms with Crippen molar-refractivity contribution in [3.8, 4) is 0 Å². The summed E-state index contributed by atoms with van der Waals surface area (Å²) in [5, 5.41) is 0. The molecule has 2 saturated heterocycles. The third-order valence-electron chi connectivity index (χ3n) is 5.45. The van der Waals surface area contributed by atoms with Crippen LogP contribution in [-0.4, -0.2) is 50.7 Å². The standard InChI is InChI=1S/C19H30N2OS/c1-15-12-21(13-16(2)22-15)18-8-10-20(11-9-18)14-17-4-6-19(23-3)7-5-17/h4-7,15-16,18H,8-14H2,1-3H3/p+2. The van der Waals surface area contributed by atoms with E-state index in [2.05, 4.69) is 44.4 Å². The number of hydrogen-bond acceptors (Lipinski definition) is 2. The van der Waals surface area contributed by atoms with Gasteiger partial charge in [-0.25, -0.2) is 0 Å². The summed E-state index contributed by atoms with van der Waals surface area (Å²) in [6, 6.07) is 9.98. The average Bonchev–Trinajstić information content (AvgIpc) is 2.55. The molecule has 23 heavy (non-hydrogen) atoms. The zero-order valence-electron chi connectivity index (χ0n) is 14.8. The molecule has 1 aromatic rings. The normalized spacial score (nSPS) is 35.2. The molecule has 2 aliphatic rings. The number of morpholine rings is 1. The van der Waals surface area contributed by atoms with Crippen molar-refractivity contribution in [2.24, 2.45) is 0 Å². The van der Waals surface area contributed by atoms with Crippen LogP contribution in [0.25, 0.3) is 0 Å². The van der Waals surface area contributed by atoms with E-state index in [1.807, 2.05) is 11.8 Å². The zero-order valence-corrected chi connectivity index (χ0v) is 15.6. The van der Waals surface area contributed by atoms with Crippen molar-refractivity contribution in [3.63, 3.8) is 0 Å². The van der Waals surface area contributed by atoms with Crippen LogP contribution in [0, 0.1) is 0 Å². The molecular formula is C19H32N2OS+2. The first-order chi connectivity index (χ1) is 11.1. The monoisotopic (exact) mass is 336 g/mol. The minimum absolute atomic E-state index is 0.425. The molecule has 3 nitrogen and oxygen atoms in total. The first-order valence-electron chi connectivity index (χ1n) is 9.10. The summed E-state index contributed by atoms with van der Waals surface area (Å²) < 4.78 is 5.90. The molecule has 2 N–H and O–H groups in total. The van der Waals surface area contributed by atoms with Gasteiger partial charge in [0.05, 0.1) is 19.1 Å². The third kappa shape index (κ3) is 4.72. The van der Waals surface area contributed by atoms with E-state index in [-0.39, 0.29) is 0 Å². The number of thioether (sulfide) groups is 1. The number of hydrogen-bond donors (Lipinski definition) is 2. The predicted molar refractivity (Wildman–Crippen MR) is 96.4 cm³/mol. The highest BCUT2D eigenvalue weighted by Crippen LogP contribution is 2.14. The largest absolute Gasteiger partial charge is 0.364 e. The SMILES string of the molecule is CSc1ccc(C[NH+]2CCC([NH+]3CC(C)OC(C)C3)CC2)cc1. The maximum atomic E-state index is 5.90. The molecule has 2 atom stereocenters. The lowest BCUT2D eigenvalue weighted by atomic mass is 10.0. The van der Waals surface area contributed by atoms with Crippen LogP contribution < -0.4 is 9.80 Å². The fourth-order valence-corrected chi connectivity index (χ4v) is 4.70. The summed E-state index contributed by atoms with van der Waals surface area (Å²) in [4.78, 5) is 4.91. The Kier molecular flexibility index (Phi) is 6.02. The Balaban J connectivity index is 1.48. The summed E-state index contributed by atoms with van der Waals surface area (Å²) >= 11 is 1.82. The van der Waals surface area contributed by atoms with Crippen LogP contribution in [0.5, 0.6) is 0 Å². The molecule has 2 aliphatic heterocycles. The number of benzene rings is 1. The molecule has 0 amide bonds. The molecule has 0 saturated carbocycles. The molecule has 2 unspecified atom stereocenters. The smallest absolute Gasteiger partial charge is 0.104 e. The number of nitrogens with one attached hydrogen (secondary N) is 2. The van der Waals surface area contributed by atoms with Crippen LogP contribution in [0.1, 0.15) is 32.3 Å². The van der Waals surface area contributed by atoms with Crippen LogP contribution in [0.2, 0.25) is 0 Å². The maximum Gasteiger partial charge on any atom is 0.104 e. The van der Waals surface area contributed by atoms with E-state index < -0.39 is 0 Å². The molecule has 0 aliphatic carbocycles. The van der Waals surface area contributed by atoms with Crippen molar-refractivity contribution in [3.05, 3.63) is 29.8 Å². The first-order valence-corrected chi connectivity index (χ1v) is 10.3. The summed E-state index contributed by atoms with van der Waals surface area (Å²) in [6.45, 7) is 10.7. The quantitative estimate of drug-likeness (QED) is 0.787. The summed E-state index contributed by atoms with van der Waals surface area (Å²) in [6.07, 6.45) is 5.73. The Morgan fingerprint density at radius 1 is 1.04 bits per heavy atom. The topological polar surface area (TPSA) is 18.1 Å². The molecular weight excluding hydrogens is 304 g/mol. The highest BCUT2D eigenvalue weighted by atomic mass is 32.2. The van der Waals surface area contributed by atoms with Crippen molar-refractivity contribution in [1.82, 2.24) is 0 Å². The van der Waals surface area contributed by atoms with Crippen molar-refractivity contribution < 1.29 is 14.5 Å². The van der Waals surface area contributed by atoms with Crippen LogP contribution >= 0.6 is 11.8 Å². The Labute approximate surface area is 145 Å². The zero-order chi connectivity index (χ0) is 16.2. The maximum absolute atomic E-state index is 5.90. The molecule has 1 aromatic carbocycles. The van der Waals surface area contributed by atoms with Crippen LogP contribution in [-0.2, 0) is 11.3 Å². The molecule has 3 rings (SSSR count). The van der Waals surface area contributed by atoms with E-state index in [0.717, 1.165) is 6.04 Å². The van der Waals surface area contributed by atoms with E-state index in [1.165, 1.54) is 56.0 Å². The van der Waals surface area contributed by atoms with Crippen molar-refractivity contribution >= 4 is 11.8 Å². The van der Waals surface area contributed by atoms with Gasteiger partial charge in [0, 0.05) is 23.3 Å². The van der Waals surface area contributed by atoms with Gasteiger partial charge in [-0.1, -0.05) is 12.1 Å². The van der Waals surface area contributed by atoms with Gasteiger partial charge >= 0.3 is 0 Å². The molecule has 0 bridgehead atoms. The van der Waals surface area contributed by atoms with Gasteiger partial charge in [0.15, 0.2) is 0 Å². The summed E-state index contributed by atoms with van der Waals surface area (Å²) in [5.41, 5.74) is 1.48. The Morgan fingerprint density at radius 2 is 1.65 bits per heavy atom. The number of ether oxygens (including phenoxy) is 1. The highest BCUT2D eigenvalue weighted by Gasteiger charge is 2.34. The Morgan fingerprint density at radius 3 is 2.22 bits per heavy atom. The fraction of sp³-hybridized carbons (Fsp3) is 0.684. The van der Waals surface area contributed by atoms with Gasteiger partial charge in [0.1, 0.15) is 31.8 Å². The molecule has 0 spiro atoms. The van der Waals surface area contributed by atoms with E-state index in [4.69, 9.17) is 4.74 Å². The lowest BCUT2D eigenvalue weighted by Crippen LogP contribution is -3.22. The molecule has 4 heteroatoms. The summed E-state index contributed by atoms with van der Waals surface area (Å²) in [5.74, 6) is 0. The number of likely N-dealkylation sites (tertiary alicyclic amines) is 1. The average molecular weight is 337 g/mol. The van der Waals surface area contributed by atoms with E-state index in [9.17, 15) is 0 Å². The van der Waals surface area contributed by atoms with Gasteiger partial charge < -0.3 is 14.5 Å². The van der Waals surface area contributed by atoms with Gasteiger partial charge in [-0.3, -0.25) is 0 Å². The Hall–Kier alpha value is -0.550. The van der Waals surface area contributed by atoms with Crippen molar-refractivity contribution in [2.75, 3.05) is 32.4 Å². The minimum Gasteiger partial charge on any atom is -0.364 e. The van der Waals surface area contributed by atoms with Gasteiger partial charge in [-0.05, 0) is 32.2 Å².